The fourth-order valence-corrected chi connectivity index (χ4v) is 3.82. The molecule has 3 amide bonds. The first-order valence-corrected chi connectivity index (χ1v) is 10.1. The minimum absolute atomic E-state index is 0.0258. The van der Waals surface area contributed by atoms with E-state index in [0.29, 0.717) is 38.0 Å². The normalized spacial score (nSPS) is 18.9. The first-order chi connectivity index (χ1) is 14.0. The summed E-state index contributed by atoms with van der Waals surface area (Å²) in [4.78, 5) is 27.1. The van der Waals surface area contributed by atoms with E-state index >= 15 is 0 Å². The molecule has 0 radical (unpaired) electrons. The molecule has 0 aromatic heterocycles. The summed E-state index contributed by atoms with van der Waals surface area (Å²) in [6.07, 6.45) is 1.35. The number of hydrogen-bond acceptors (Lipinski definition) is 2. The number of amides is 3. The molecule has 0 spiro atoms. The maximum absolute atomic E-state index is 13.7. The van der Waals surface area contributed by atoms with Gasteiger partial charge in [0, 0.05) is 19.6 Å². The van der Waals surface area contributed by atoms with E-state index in [1.165, 1.54) is 6.07 Å². The van der Waals surface area contributed by atoms with Gasteiger partial charge in [-0.3, -0.25) is 4.79 Å². The number of hydrogen-bond donors (Lipinski definition) is 2. The highest BCUT2D eigenvalue weighted by atomic mass is 19.1. The van der Waals surface area contributed by atoms with Crippen LogP contribution in [0.25, 0.3) is 0 Å². The minimum Gasteiger partial charge on any atom is -0.356 e. The average molecular weight is 397 g/mol. The number of nitrogens with one attached hydrogen (secondary N) is 2. The van der Waals surface area contributed by atoms with Gasteiger partial charge in [-0.2, -0.15) is 0 Å². The summed E-state index contributed by atoms with van der Waals surface area (Å²) in [6, 6.07) is 14.3. The quantitative estimate of drug-likeness (QED) is 0.803. The summed E-state index contributed by atoms with van der Waals surface area (Å²) in [7, 11) is 0. The van der Waals surface area contributed by atoms with Crippen LogP contribution >= 0.6 is 0 Å². The van der Waals surface area contributed by atoms with Gasteiger partial charge in [0.2, 0.25) is 5.91 Å². The SMILES string of the molecule is CCNC(=O)C1CCC(c2ccc(F)c(C)c2)N(C(=O)NCc2ccccc2)C1. The molecule has 3 rings (SSSR count). The number of rotatable bonds is 5. The molecule has 0 bridgehead atoms. The van der Waals surface area contributed by atoms with Crippen molar-refractivity contribution >= 4 is 11.9 Å². The van der Waals surface area contributed by atoms with E-state index in [-0.39, 0.29) is 29.7 Å². The molecule has 5 nitrogen and oxygen atoms in total. The first kappa shape index (κ1) is 20.8. The lowest BCUT2D eigenvalue weighted by Gasteiger charge is -2.39. The molecule has 1 aliphatic heterocycles. The zero-order chi connectivity index (χ0) is 20.8. The molecular weight excluding hydrogens is 369 g/mol. The summed E-state index contributed by atoms with van der Waals surface area (Å²) in [6.45, 7) is 4.93. The third-order valence-corrected chi connectivity index (χ3v) is 5.42. The van der Waals surface area contributed by atoms with E-state index in [0.717, 1.165) is 11.1 Å². The van der Waals surface area contributed by atoms with Gasteiger partial charge in [-0.1, -0.05) is 42.5 Å². The van der Waals surface area contributed by atoms with Crippen LogP contribution in [0.4, 0.5) is 9.18 Å². The number of carbonyl (C=O) groups is 2. The predicted octanol–water partition coefficient (Wildman–Crippen LogP) is 3.93. The van der Waals surface area contributed by atoms with Crippen LogP contribution in [0.3, 0.4) is 0 Å². The van der Waals surface area contributed by atoms with Crippen molar-refractivity contribution in [3.05, 3.63) is 71.0 Å². The zero-order valence-corrected chi connectivity index (χ0v) is 17.0. The van der Waals surface area contributed by atoms with Crippen LogP contribution in [-0.2, 0) is 11.3 Å². The summed E-state index contributed by atoms with van der Waals surface area (Å²) < 4.78 is 13.7. The van der Waals surface area contributed by atoms with Crippen LogP contribution in [0, 0.1) is 18.7 Å². The second-order valence-corrected chi connectivity index (χ2v) is 7.49. The lowest BCUT2D eigenvalue weighted by Crippen LogP contribution is -2.50. The third-order valence-electron chi connectivity index (χ3n) is 5.42. The van der Waals surface area contributed by atoms with Crippen LogP contribution in [0.5, 0.6) is 0 Å². The Hall–Kier alpha value is -2.89. The van der Waals surface area contributed by atoms with Crippen LogP contribution in [0.1, 0.15) is 42.5 Å². The molecule has 1 saturated heterocycles. The van der Waals surface area contributed by atoms with Gasteiger partial charge in [0.25, 0.3) is 0 Å². The lowest BCUT2D eigenvalue weighted by atomic mass is 9.88. The molecule has 2 atom stereocenters. The molecule has 29 heavy (non-hydrogen) atoms. The topological polar surface area (TPSA) is 61.4 Å². The molecule has 1 aliphatic rings. The molecule has 0 saturated carbocycles. The van der Waals surface area contributed by atoms with Gasteiger partial charge in [0.1, 0.15) is 5.82 Å². The first-order valence-electron chi connectivity index (χ1n) is 10.1. The second kappa shape index (κ2) is 9.54. The molecule has 2 unspecified atom stereocenters. The highest BCUT2D eigenvalue weighted by Gasteiger charge is 2.35. The van der Waals surface area contributed by atoms with Crippen molar-refractivity contribution < 1.29 is 14.0 Å². The van der Waals surface area contributed by atoms with Crippen molar-refractivity contribution in [3.63, 3.8) is 0 Å². The lowest BCUT2D eigenvalue weighted by molar-refractivity contribution is -0.126. The Morgan fingerprint density at radius 2 is 1.86 bits per heavy atom. The Kier molecular flexibility index (Phi) is 6.86. The molecule has 154 valence electrons. The van der Waals surface area contributed by atoms with Crippen molar-refractivity contribution in [2.75, 3.05) is 13.1 Å². The van der Waals surface area contributed by atoms with Gasteiger partial charge in [-0.05, 0) is 49.4 Å². The van der Waals surface area contributed by atoms with Gasteiger partial charge in [-0.25, -0.2) is 9.18 Å². The van der Waals surface area contributed by atoms with E-state index < -0.39 is 0 Å². The second-order valence-electron chi connectivity index (χ2n) is 7.49. The number of nitrogens with zero attached hydrogens (tertiary/aromatic N) is 1. The number of halogens is 1. The van der Waals surface area contributed by atoms with Crippen molar-refractivity contribution in [1.82, 2.24) is 15.5 Å². The van der Waals surface area contributed by atoms with Crippen LogP contribution in [0.15, 0.2) is 48.5 Å². The third kappa shape index (κ3) is 5.13. The van der Waals surface area contributed by atoms with Crippen LogP contribution in [-0.4, -0.2) is 29.9 Å². The standard InChI is InChI=1S/C23H28FN3O2/c1-3-25-22(28)19-10-12-21(18-9-11-20(24)16(2)13-18)27(15-19)23(29)26-14-17-7-5-4-6-8-17/h4-9,11,13,19,21H,3,10,12,14-15H2,1-2H3,(H,25,28)(H,26,29). The summed E-state index contributed by atoms with van der Waals surface area (Å²) >= 11 is 0. The van der Waals surface area contributed by atoms with Crippen LogP contribution in [0.2, 0.25) is 0 Å². The number of benzene rings is 2. The monoisotopic (exact) mass is 397 g/mol. The van der Waals surface area contributed by atoms with Crippen molar-refractivity contribution in [2.24, 2.45) is 5.92 Å². The Morgan fingerprint density at radius 3 is 2.55 bits per heavy atom. The maximum Gasteiger partial charge on any atom is 0.318 e. The van der Waals surface area contributed by atoms with E-state index in [1.807, 2.05) is 37.3 Å². The van der Waals surface area contributed by atoms with Crippen molar-refractivity contribution in [1.29, 1.82) is 0 Å². The van der Waals surface area contributed by atoms with E-state index in [4.69, 9.17) is 0 Å². The van der Waals surface area contributed by atoms with Gasteiger partial charge in [0.05, 0.1) is 12.0 Å². The predicted molar refractivity (Wildman–Crippen MR) is 111 cm³/mol. The molecule has 0 aliphatic carbocycles. The Morgan fingerprint density at radius 1 is 1.10 bits per heavy atom. The fraction of sp³-hybridized carbons (Fsp3) is 0.391. The molecular formula is C23H28FN3O2. The Labute approximate surface area is 171 Å². The number of piperidine rings is 1. The van der Waals surface area contributed by atoms with E-state index in [1.54, 1.807) is 24.0 Å². The van der Waals surface area contributed by atoms with Gasteiger partial charge in [-0.15, -0.1) is 0 Å². The molecule has 1 heterocycles. The Bertz CT molecular complexity index is 856. The summed E-state index contributed by atoms with van der Waals surface area (Å²) in [5.74, 6) is -0.526. The van der Waals surface area contributed by atoms with Gasteiger partial charge >= 0.3 is 6.03 Å². The highest BCUT2D eigenvalue weighted by molar-refractivity contribution is 5.81. The van der Waals surface area contributed by atoms with Gasteiger partial charge in [0.15, 0.2) is 0 Å². The molecule has 2 aromatic rings. The van der Waals surface area contributed by atoms with E-state index in [2.05, 4.69) is 10.6 Å². The van der Waals surface area contributed by atoms with E-state index in [9.17, 15) is 14.0 Å². The number of likely N-dealkylation sites (tertiary alicyclic amines) is 1. The van der Waals surface area contributed by atoms with Crippen molar-refractivity contribution in [3.8, 4) is 0 Å². The highest BCUT2D eigenvalue weighted by Crippen LogP contribution is 2.34. The van der Waals surface area contributed by atoms with Gasteiger partial charge < -0.3 is 15.5 Å². The summed E-state index contributed by atoms with van der Waals surface area (Å²) in [5.41, 5.74) is 2.46. The summed E-state index contributed by atoms with van der Waals surface area (Å²) in [5, 5.41) is 5.82. The molecule has 2 N–H and O–H groups in total. The zero-order valence-electron chi connectivity index (χ0n) is 17.0. The smallest absolute Gasteiger partial charge is 0.318 e. The van der Waals surface area contributed by atoms with Crippen molar-refractivity contribution in [2.45, 2.75) is 39.3 Å². The Balaban J connectivity index is 1.79. The maximum atomic E-state index is 13.7. The average Bonchev–Trinajstić information content (AvgIpc) is 2.74. The number of carbonyl (C=O) groups excluding carboxylic acids is 2. The number of urea groups is 1. The van der Waals surface area contributed by atoms with Crippen LogP contribution < -0.4 is 10.6 Å². The number of aryl methyl sites for hydroxylation is 1. The largest absolute Gasteiger partial charge is 0.356 e. The molecule has 6 heteroatoms. The molecule has 2 aromatic carbocycles. The minimum atomic E-state index is -0.259. The molecule has 1 fully saturated rings. The fourth-order valence-electron chi connectivity index (χ4n) is 3.82.